The highest BCUT2D eigenvalue weighted by atomic mass is 16.4. The van der Waals surface area contributed by atoms with E-state index < -0.39 is 11.6 Å². The summed E-state index contributed by atoms with van der Waals surface area (Å²) in [5, 5.41) is 9.15. The Morgan fingerprint density at radius 1 is 1.25 bits per heavy atom. The fourth-order valence-corrected chi connectivity index (χ4v) is 1.49. The van der Waals surface area contributed by atoms with E-state index in [2.05, 4.69) is 0 Å². The van der Waals surface area contributed by atoms with E-state index >= 15 is 0 Å². The van der Waals surface area contributed by atoms with E-state index in [0.29, 0.717) is 11.3 Å². The first kappa shape index (κ1) is 12.2. The molecular formula is C12H15NO3. The summed E-state index contributed by atoms with van der Waals surface area (Å²) >= 11 is 0. The molecule has 0 heterocycles. The third-order valence-electron chi connectivity index (χ3n) is 2.15. The number of benzene rings is 1. The van der Waals surface area contributed by atoms with Crippen LogP contribution in [-0.2, 0) is 0 Å². The van der Waals surface area contributed by atoms with Gasteiger partial charge in [-0.25, -0.2) is 4.79 Å². The standard InChI is InChI=1S/C12H15NO3/c1-12(2,3)13(11(15)16)10-6-4-9(8-14)5-7-10/h4-8H,1-3H3,(H,15,16). The Kier molecular flexibility index (Phi) is 3.32. The van der Waals surface area contributed by atoms with Crippen LogP contribution in [0.3, 0.4) is 0 Å². The van der Waals surface area contributed by atoms with Crippen LogP contribution >= 0.6 is 0 Å². The lowest BCUT2D eigenvalue weighted by Crippen LogP contribution is -2.45. The first-order valence-electron chi connectivity index (χ1n) is 4.94. The van der Waals surface area contributed by atoms with Gasteiger partial charge in [-0.05, 0) is 45.0 Å². The van der Waals surface area contributed by atoms with Gasteiger partial charge < -0.3 is 5.11 Å². The second-order valence-corrected chi connectivity index (χ2v) is 4.50. The molecule has 1 aromatic rings. The SMILES string of the molecule is CC(C)(C)N(C(=O)O)c1ccc(C=O)cc1. The molecule has 0 aromatic heterocycles. The fraction of sp³-hybridized carbons (Fsp3) is 0.333. The third-order valence-corrected chi connectivity index (χ3v) is 2.15. The molecule has 0 radical (unpaired) electrons. The molecule has 0 aliphatic heterocycles. The summed E-state index contributed by atoms with van der Waals surface area (Å²) in [6.45, 7) is 5.44. The summed E-state index contributed by atoms with van der Waals surface area (Å²) in [5.41, 5.74) is 0.572. The van der Waals surface area contributed by atoms with Gasteiger partial charge >= 0.3 is 6.09 Å². The van der Waals surface area contributed by atoms with Gasteiger partial charge in [0.25, 0.3) is 0 Å². The Labute approximate surface area is 94.5 Å². The maximum absolute atomic E-state index is 11.2. The normalized spacial score (nSPS) is 10.9. The molecule has 0 bridgehead atoms. The lowest BCUT2D eigenvalue weighted by Gasteiger charge is -2.33. The maximum Gasteiger partial charge on any atom is 0.412 e. The Bertz CT molecular complexity index is 390. The molecule has 1 N–H and O–H groups in total. The Morgan fingerprint density at radius 2 is 1.75 bits per heavy atom. The van der Waals surface area contributed by atoms with E-state index in [0.717, 1.165) is 6.29 Å². The predicted octanol–water partition coefficient (Wildman–Crippen LogP) is 2.78. The number of hydrogen-bond donors (Lipinski definition) is 1. The molecule has 16 heavy (non-hydrogen) atoms. The highest BCUT2D eigenvalue weighted by Crippen LogP contribution is 2.23. The molecule has 0 unspecified atom stereocenters. The van der Waals surface area contributed by atoms with Crippen molar-refractivity contribution in [2.45, 2.75) is 26.3 Å². The Hall–Kier alpha value is -1.84. The van der Waals surface area contributed by atoms with Gasteiger partial charge in [-0.3, -0.25) is 9.69 Å². The smallest absolute Gasteiger partial charge is 0.412 e. The molecule has 0 atom stereocenters. The van der Waals surface area contributed by atoms with Crippen molar-refractivity contribution < 1.29 is 14.7 Å². The van der Waals surface area contributed by atoms with Crippen LogP contribution < -0.4 is 4.90 Å². The van der Waals surface area contributed by atoms with Crippen molar-refractivity contribution in [1.29, 1.82) is 0 Å². The molecule has 0 aliphatic rings. The van der Waals surface area contributed by atoms with Crippen molar-refractivity contribution >= 4 is 18.1 Å². The summed E-state index contributed by atoms with van der Waals surface area (Å²) in [6, 6.07) is 6.46. The number of amides is 1. The lowest BCUT2D eigenvalue weighted by molar-refractivity contribution is 0.112. The number of carboxylic acid groups (broad SMARTS) is 1. The lowest BCUT2D eigenvalue weighted by atomic mass is 10.1. The van der Waals surface area contributed by atoms with Gasteiger partial charge in [-0.1, -0.05) is 0 Å². The maximum atomic E-state index is 11.2. The quantitative estimate of drug-likeness (QED) is 0.781. The zero-order chi connectivity index (χ0) is 12.3. The molecule has 86 valence electrons. The zero-order valence-corrected chi connectivity index (χ0v) is 9.60. The van der Waals surface area contributed by atoms with Crippen LogP contribution in [-0.4, -0.2) is 23.0 Å². The van der Waals surface area contributed by atoms with Crippen molar-refractivity contribution in [3.63, 3.8) is 0 Å². The second kappa shape index (κ2) is 4.35. The van der Waals surface area contributed by atoms with Crippen LogP contribution in [0.15, 0.2) is 24.3 Å². The summed E-state index contributed by atoms with van der Waals surface area (Å²) < 4.78 is 0. The Morgan fingerprint density at radius 3 is 2.06 bits per heavy atom. The molecule has 0 spiro atoms. The molecule has 4 heteroatoms. The van der Waals surface area contributed by atoms with Gasteiger partial charge in [0.1, 0.15) is 6.29 Å². The first-order chi connectivity index (χ1) is 7.36. The number of rotatable bonds is 2. The van der Waals surface area contributed by atoms with Crippen molar-refractivity contribution in [2.75, 3.05) is 4.90 Å². The van der Waals surface area contributed by atoms with E-state index in [1.807, 2.05) is 20.8 Å². The first-order valence-corrected chi connectivity index (χ1v) is 4.94. The average molecular weight is 221 g/mol. The van der Waals surface area contributed by atoms with E-state index in [1.165, 1.54) is 4.90 Å². The number of carbonyl (C=O) groups excluding carboxylic acids is 1. The van der Waals surface area contributed by atoms with E-state index in [9.17, 15) is 9.59 Å². The van der Waals surface area contributed by atoms with Crippen molar-refractivity contribution in [3.8, 4) is 0 Å². The minimum Gasteiger partial charge on any atom is -0.465 e. The highest BCUT2D eigenvalue weighted by Gasteiger charge is 2.27. The minimum absolute atomic E-state index is 0.519. The predicted molar refractivity (Wildman–Crippen MR) is 62.1 cm³/mol. The number of nitrogens with zero attached hydrogens (tertiary/aromatic N) is 1. The van der Waals surface area contributed by atoms with E-state index in [-0.39, 0.29) is 0 Å². The number of carbonyl (C=O) groups is 2. The number of hydrogen-bond acceptors (Lipinski definition) is 2. The molecule has 0 aliphatic carbocycles. The monoisotopic (exact) mass is 221 g/mol. The van der Waals surface area contributed by atoms with Crippen LogP contribution in [0.1, 0.15) is 31.1 Å². The topological polar surface area (TPSA) is 57.6 Å². The van der Waals surface area contributed by atoms with Crippen LogP contribution in [0.25, 0.3) is 0 Å². The highest BCUT2D eigenvalue weighted by molar-refractivity contribution is 5.88. The van der Waals surface area contributed by atoms with Crippen LogP contribution in [0.5, 0.6) is 0 Å². The van der Waals surface area contributed by atoms with Gasteiger partial charge in [0.2, 0.25) is 0 Å². The summed E-state index contributed by atoms with van der Waals surface area (Å²) in [4.78, 5) is 22.9. The van der Waals surface area contributed by atoms with Gasteiger partial charge in [0.15, 0.2) is 0 Å². The molecule has 4 nitrogen and oxygen atoms in total. The number of anilines is 1. The molecule has 1 amide bonds. The largest absolute Gasteiger partial charge is 0.465 e. The molecule has 0 saturated heterocycles. The molecule has 1 aromatic carbocycles. The van der Waals surface area contributed by atoms with Gasteiger partial charge in [0.05, 0.1) is 0 Å². The second-order valence-electron chi connectivity index (χ2n) is 4.50. The van der Waals surface area contributed by atoms with Crippen LogP contribution in [0.4, 0.5) is 10.5 Å². The summed E-state index contributed by atoms with van der Waals surface area (Å²) in [5.74, 6) is 0. The average Bonchev–Trinajstić information content (AvgIpc) is 2.16. The van der Waals surface area contributed by atoms with Gasteiger partial charge in [0, 0.05) is 16.8 Å². The molecule has 1 rings (SSSR count). The van der Waals surface area contributed by atoms with Crippen molar-refractivity contribution in [2.24, 2.45) is 0 Å². The number of aldehydes is 1. The molecule has 0 saturated carbocycles. The van der Waals surface area contributed by atoms with Gasteiger partial charge in [-0.2, -0.15) is 0 Å². The van der Waals surface area contributed by atoms with E-state index in [4.69, 9.17) is 5.11 Å². The zero-order valence-electron chi connectivity index (χ0n) is 9.60. The van der Waals surface area contributed by atoms with Crippen molar-refractivity contribution in [3.05, 3.63) is 29.8 Å². The van der Waals surface area contributed by atoms with Crippen LogP contribution in [0.2, 0.25) is 0 Å². The molecule has 0 fully saturated rings. The fourth-order valence-electron chi connectivity index (χ4n) is 1.49. The summed E-state index contributed by atoms with van der Waals surface area (Å²) in [7, 11) is 0. The van der Waals surface area contributed by atoms with Gasteiger partial charge in [-0.15, -0.1) is 0 Å². The third kappa shape index (κ3) is 2.59. The van der Waals surface area contributed by atoms with Crippen LogP contribution in [0, 0.1) is 0 Å². The summed E-state index contributed by atoms with van der Waals surface area (Å²) in [6.07, 6.45) is -0.280. The minimum atomic E-state index is -1.01. The molecular weight excluding hydrogens is 206 g/mol. The van der Waals surface area contributed by atoms with Crippen molar-refractivity contribution in [1.82, 2.24) is 0 Å². The van der Waals surface area contributed by atoms with E-state index in [1.54, 1.807) is 24.3 Å². The Balaban J connectivity index is 3.12.